The molecule has 5 nitrogen and oxygen atoms in total. The fourth-order valence-corrected chi connectivity index (χ4v) is 2.96. The molecular weight excluding hydrogens is 360 g/mol. The Morgan fingerprint density at radius 3 is 2.59 bits per heavy atom. The molecular formula is C21H23ClN4O. The molecule has 0 aliphatic carbocycles. The van der Waals surface area contributed by atoms with Crippen LogP contribution in [-0.4, -0.2) is 40.7 Å². The number of carbonyl (C=O) groups is 1. The topological polar surface area (TPSA) is 50.2 Å². The van der Waals surface area contributed by atoms with Gasteiger partial charge in [-0.05, 0) is 43.3 Å². The molecule has 1 N–H and O–H groups in total. The molecule has 0 saturated heterocycles. The van der Waals surface area contributed by atoms with Crippen molar-refractivity contribution in [2.24, 2.45) is 0 Å². The van der Waals surface area contributed by atoms with Gasteiger partial charge in [0, 0.05) is 29.9 Å². The molecule has 27 heavy (non-hydrogen) atoms. The normalized spacial score (nSPS) is 10.9. The minimum absolute atomic E-state index is 0.0157. The van der Waals surface area contributed by atoms with E-state index in [0.29, 0.717) is 19.6 Å². The van der Waals surface area contributed by atoms with Crippen molar-refractivity contribution >= 4 is 17.5 Å². The Labute approximate surface area is 164 Å². The van der Waals surface area contributed by atoms with Gasteiger partial charge in [0.2, 0.25) is 5.91 Å². The third-order valence-electron chi connectivity index (χ3n) is 4.17. The Balaban J connectivity index is 1.42. The molecule has 140 valence electrons. The first-order valence-electron chi connectivity index (χ1n) is 8.89. The number of benzene rings is 2. The van der Waals surface area contributed by atoms with E-state index >= 15 is 0 Å². The van der Waals surface area contributed by atoms with E-state index in [1.807, 2.05) is 83.6 Å². The van der Waals surface area contributed by atoms with E-state index < -0.39 is 0 Å². The van der Waals surface area contributed by atoms with Crippen LogP contribution in [0.3, 0.4) is 0 Å². The molecule has 0 saturated carbocycles. The van der Waals surface area contributed by atoms with Crippen molar-refractivity contribution in [3.8, 4) is 5.69 Å². The zero-order chi connectivity index (χ0) is 19.1. The Kier molecular flexibility index (Phi) is 6.63. The van der Waals surface area contributed by atoms with Gasteiger partial charge in [-0.2, -0.15) is 5.10 Å². The number of amides is 1. The van der Waals surface area contributed by atoms with E-state index in [-0.39, 0.29) is 5.91 Å². The number of hydrogen-bond acceptors (Lipinski definition) is 3. The van der Waals surface area contributed by atoms with Crippen LogP contribution in [0.15, 0.2) is 67.0 Å². The summed E-state index contributed by atoms with van der Waals surface area (Å²) >= 11 is 5.88. The third kappa shape index (κ3) is 5.94. The first-order valence-corrected chi connectivity index (χ1v) is 9.26. The average molecular weight is 383 g/mol. The molecule has 1 amide bonds. The van der Waals surface area contributed by atoms with Crippen LogP contribution in [0, 0.1) is 0 Å². The maximum atomic E-state index is 12.1. The predicted octanol–water partition coefficient (Wildman–Crippen LogP) is 3.32. The van der Waals surface area contributed by atoms with E-state index in [1.54, 1.807) is 0 Å². The molecule has 3 rings (SSSR count). The molecule has 0 spiro atoms. The van der Waals surface area contributed by atoms with Gasteiger partial charge in [-0.25, -0.2) is 4.68 Å². The first-order chi connectivity index (χ1) is 13.1. The van der Waals surface area contributed by atoms with Crippen molar-refractivity contribution in [2.45, 2.75) is 13.0 Å². The monoisotopic (exact) mass is 382 g/mol. The summed E-state index contributed by atoms with van der Waals surface area (Å²) in [7, 11) is 1.93. The van der Waals surface area contributed by atoms with Crippen LogP contribution in [-0.2, 0) is 17.8 Å². The molecule has 2 aromatic carbocycles. The molecule has 0 aliphatic heterocycles. The molecule has 0 bridgehead atoms. The molecule has 0 unspecified atom stereocenters. The number of halogens is 1. The summed E-state index contributed by atoms with van der Waals surface area (Å²) in [4.78, 5) is 14.1. The summed E-state index contributed by atoms with van der Waals surface area (Å²) in [5.41, 5.74) is 3.24. The fourth-order valence-electron chi connectivity index (χ4n) is 2.83. The highest BCUT2D eigenvalue weighted by Gasteiger charge is 2.09. The largest absolute Gasteiger partial charge is 0.355 e. The van der Waals surface area contributed by atoms with Crippen molar-refractivity contribution in [1.29, 1.82) is 0 Å². The van der Waals surface area contributed by atoms with E-state index in [4.69, 9.17) is 11.6 Å². The summed E-state index contributed by atoms with van der Waals surface area (Å²) in [6.07, 6.45) is 4.61. The van der Waals surface area contributed by atoms with Crippen LogP contribution in [0.25, 0.3) is 5.69 Å². The van der Waals surface area contributed by atoms with Gasteiger partial charge in [0.25, 0.3) is 0 Å². The van der Waals surface area contributed by atoms with Crippen molar-refractivity contribution in [3.63, 3.8) is 0 Å². The predicted molar refractivity (Wildman–Crippen MR) is 108 cm³/mol. The van der Waals surface area contributed by atoms with Crippen LogP contribution in [0.4, 0.5) is 0 Å². The molecule has 0 radical (unpaired) electrons. The van der Waals surface area contributed by atoms with Crippen LogP contribution < -0.4 is 5.32 Å². The quantitative estimate of drug-likeness (QED) is 0.650. The lowest BCUT2D eigenvalue weighted by atomic mass is 10.1. The average Bonchev–Trinajstić information content (AvgIpc) is 3.12. The van der Waals surface area contributed by atoms with Gasteiger partial charge >= 0.3 is 0 Å². The van der Waals surface area contributed by atoms with Crippen molar-refractivity contribution < 1.29 is 4.79 Å². The van der Waals surface area contributed by atoms with Gasteiger partial charge in [-0.3, -0.25) is 9.69 Å². The lowest BCUT2D eigenvalue weighted by Crippen LogP contribution is -2.35. The van der Waals surface area contributed by atoms with Gasteiger partial charge in [-0.1, -0.05) is 41.9 Å². The van der Waals surface area contributed by atoms with E-state index in [0.717, 1.165) is 28.3 Å². The molecule has 1 aromatic heterocycles. The highest BCUT2D eigenvalue weighted by atomic mass is 35.5. The number of nitrogens with zero attached hydrogens (tertiary/aromatic N) is 3. The summed E-state index contributed by atoms with van der Waals surface area (Å²) in [5.74, 6) is 0.0157. The van der Waals surface area contributed by atoms with Crippen LogP contribution in [0.1, 0.15) is 11.1 Å². The van der Waals surface area contributed by atoms with E-state index in [9.17, 15) is 4.79 Å². The number of likely N-dealkylation sites (N-methyl/N-ethyl adjacent to an activating group) is 1. The first kappa shape index (κ1) is 19.1. The smallest absolute Gasteiger partial charge is 0.234 e. The van der Waals surface area contributed by atoms with Gasteiger partial charge in [0.05, 0.1) is 18.4 Å². The van der Waals surface area contributed by atoms with E-state index in [2.05, 4.69) is 10.4 Å². The number of rotatable bonds is 8. The Morgan fingerprint density at radius 2 is 1.85 bits per heavy atom. The third-order valence-corrected chi connectivity index (χ3v) is 4.42. The highest BCUT2D eigenvalue weighted by Crippen LogP contribution is 2.10. The summed E-state index contributed by atoms with van der Waals surface area (Å²) < 4.78 is 1.84. The zero-order valence-electron chi connectivity index (χ0n) is 15.3. The zero-order valence-corrected chi connectivity index (χ0v) is 16.1. The second kappa shape index (κ2) is 9.35. The summed E-state index contributed by atoms with van der Waals surface area (Å²) in [5, 5.41) is 8.07. The number of para-hydroxylation sites is 1. The second-order valence-corrected chi connectivity index (χ2v) is 6.96. The molecule has 0 aliphatic rings. The second-order valence-electron chi connectivity index (χ2n) is 6.53. The maximum Gasteiger partial charge on any atom is 0.234 e. The van der Waals surface area contributed by atoms with Crippen LogP contribution in [0.5, 0.6) is 0 Å². The molecule has 0 fully saturated rings. The number of carbonyl (C=O) groups excluding carboxylic acids is 1. The maximum absolute atomic E-state index is 12.1. The molecule has 1 heterocycles. The van der Waals surface area contributed by atoms with Crippen molar-refractivity contribution in [3.05, 3.63) is 83.1 Å². The van der Waals surface area contributed by atoms with E-state index in [1.165, 1.54) is 0 Å². The molecule has 0 atom stereocenters. The lowest BCUT2D eigenvalue weighted by Gasteiger charge is -2.15. The SMILES string of the molecule is CN(CC(=O)NCCc1ccc(Cl)cc1)Cc1cnn(-c2ccccc2)c1. The highest BCUT2D eigenvalue weighted by molar-refractivity contribution is 6.30. The fraction of sp³-hybridized carbons (Fsp3) is 0.238. The number of nitrogens with one attached hydrogen (secondary N) is 1. The Hall–Kier alpha value is -2.63. The minimum atomic E-state index is 0.0157. The van der Waals surface area contributed by atoms with Gasteiger partial charge in [0.1, 0.15) is 0 Å². The van der Waals surface area contributed by atoms with Gasteiger partial charge in [-0.15, -0.1) is 0 Å². The van der Waals surface area contributed by atoms with Crippen LogP contribution in [0.2, 0.25) is 5.02 Å². The molecule has 3 aromatic rings. The Bertz CT molecular complexity index is 861. The minimum Gasteiger partial charge on any atom is -0.355 e. The van der Waals surface area contributed by atoms with Crippen LogP contribution >= 0.6 is 11.6 Å². The Morgan fingerprint density at radius 1 is 1.11 bits per heavy atom. The van der Waals surface area contributed by atoms with Crippen molar-refractivity contribution in [1.82, 2.24) is 20.0 Å². The number of aromatic nitrogens is 2. The summed E-state index contributed by atoms with van der Waals surface area (Å²) in [6, 6.07) is 17.6. The molecule has 6 heteroatoms. The number of hydrogen-bond donors (Lipinski definition) is 1. The lowest BCUT2D eigenvalue weighted by molar-refractivity contribution is -0.122. The standard InChI is InChI=1S/C21H23ClN4O/c1-25(14-18-13-24-26(15-18)20-5-3-2-4-6-20)16-21(27)23-12-11-17-7-9-19(22)10-8-17/h2-10,13,15H,11-12,14,16H2,1H3,(H,23,27). The van der Waals surface area contributed by atoms with Gasteiger partial charge < -0.3 is 5.32 Å². The summed E-state index contributed by atoms with van der Waals surface area (Å²) in [6.45, 7) is 1.62. The van der Waals surface area contributed by atoms with Gasteiger partial charge in [0.15, 0.2) is 0 Å². The van der Waals surface area contributed by atoms with Crippen molar-refractivity contribution in [2.75, 3.05) is 20.1 Å².